The Hall–Kier alpha value is -3.15. The molecule has 4 N–H and O–H groups in total. The molecule has 1 aromatic heterocycles. The van der Waals surface area contributed by atoms with Gasteiger partial charge in [0.25, 0.3) is 0 Å². The molecule has 1 heterocycles. The minimum atomic E-state index is -0.329. The highest BCUT2D eigenvalue weighted by atomic mass is 19.1. The molecule has 0 saturated heterocycles. The van der Waals surface area contributed by atoms with Crippen LogP contribution in [0.2, 0.25) is 0 Å². The van der Waals surface area contributed by atoms with E-state index >= 15 is 0 Å². The van der Waals surface area contributed by atoms with Crippen molar-refractivity contribution in [3.05, 3.63) is 65.9 Å². The van der Waals surface area contributed by atoms with E-state index < -0.39 is 0 Å². The minimum Gasteiger partial charge on any atom is -0.342 e. The molecular weight excluding hydrogens is 293 g/mol. The highest BCUT2D eigenvalue weighted by molar-refractivity contribution is 5.88. The van der Waals surface area contributed by atoms with Crippen molar-refractivity contribution in [1.29, 1.82) is 5.41 Å². The van der Waals surface area contributed by atoms with Crippen LogP contribution in [0.3, 0.4) is 0 Å². The molecule has 0 aliphatic heterocycles. The Balaban J connectivity index is 1.82. The predicted octanol–water partition coefficient (Wildman–Crippen LogP) is 4.00. The zero-order valence-electron chi connectivity index (χ0n) is 12.6. The van der Waals surface area contributed by atoms with Gasteiger partial charge in [-0.25, -0.2) is 4.39 Å². The van der Waals surface area contributed by atoms with Crippen molar-refractivity contribution in [2.75, 3.05) is 10.6 Å². The smallest absolute Gasteiger partial charge is 0.128 e. The van der Waals surface area contributed by atoms with E-state index in [1.54, 1.807) is 19.2 Å². The average molecular weight is 309 g/mol. The van der Waals surface area contributed by atoms with Crippen LogP contribution in [0.1, 0.15) is 11.1 Å². The van der Waals surface area contributed by atoms with E-state index in [4.69, 9.17) is 5.41 Å². The van der Waals surface area contributed by atoms with Crippen LogP contribution in [-0.2, 0) is 0 Å². The summed E-state index contributed by atoms with van der Waals surface area (Å²) >= 11 is 0. The zero-order valence-corrected chi connectivity index (χ0v) is 12.6. The molecule has 3 aromatic rings. The fourth-order valence-corrected chi connectivity index (χ4v) is 2.36. The summed E-state index contributed by atoms with van der Waals surface area (Å²) in [6.07, 6.45) is 2.93. The summed E-state index contributed by atoms with van der Waals surface area (Å²) in [4.78, 5) is 0. The van der Waals surface area contributed by atoms with Crippen LogP contribution in [0.25, 0.3) is 10.9 Å². The second kappa shape index (κ2) is 5.92. The molecule has 0 amide bonds. The van der Waals surface area contributed by atoms with E-state index in [0.717, 1.165) is 16.6 Å². The van der Waals surface area contributed by atoms with Crippen LogP contribution < -0.4 is 10.6 Å². The van der Waals surface area contributed by atoms with Gasteiger partial charge in [-0.15, -0.1) is 0 Å². The van der Waals surface area contributed by atoms with Crippen molar-refractivity contribution in [3.63, 3.8) is 0 Å². The highest BCUT2D eigenvalue weighted by Crippen LogP contribution is 2.24. The lowest BCUT2D eigenvalue weighted by molar-refractivity contribution is 0.619. The van der Waals surface area contributed by atoms with Crippen LogP contribution in [0.4, 0.5) is 15.8 Å². The SMILES string of the molecule is C=C(Nc1ccc2cn[nH]c2c1)Nc1c(C=N)ccc(F)c1C. The standard InChI is InChI=1S/C17H16FN5/c1-10-15(18)6-4-12(8-19)17(10)22-11(2)21-14-5-3-13-9-20-23-16(13)7-14/h3-9,19,21-22H,2H2,1H3,(H,20,23). The molecule has 0 atom stereocenters. The number of nitrogens with zero attached hydrogens (tertiary/aromatic N) is 1. The van der Waals surface area contributed by atoms with Gasteiger partial charge in [-0.1, -0.05) is 6.58 Å². The van der Waals surface area contributed by atoms with Crippen molar-refractivity contribution in [2.45, 2.75) is 6.92 Å². The monoisotopic (exact) mass is 309 g/mol. The number of hydrogen-bond donors (Lipinski definition) is 4. The first kappa shape index (κ1) is 14.8. The minimum absolute atomic E-state index is 0.329. The molecule has 0 aliphatic rings. The summed E-state index contributed by atoms with van der Waals surface area (Å²) in [5.41, 5.74) is 3.29. The van der Waals surface area contributed by atoms with Crippen molar-refractivity contribution < 1.29 is 4.39 Å². The lowest BCUT2D eigenvalue weighted by atomic mass is 10.1. The quantitative estimate of drug-likeness (QED) is 0.538. The summed E-state index contributed by atoms with van der Waals surface area (Å²) in [6, 6.07) is 8.65. The summed E-state index contributed by atoms with van der Waals surface area (Å²) in [7, 11) is 0. The number of rotatable bonds is 5. The van der Waals surface area contributed by atoms with E-state index in [1.165, 1.54) is 12.3 Å². The molecule has 6 heteroatoms. The number of anilines is 2. The van der Waals surface area contributed by atoms with Crippen LogP contribution in [0.15, 0.2) is 48.9 Å². The summed E-state index contributed by atoms with van der Waals surface area (Å²) in [6.45, 7) is 5.57. The van der Waals surface area contributed by atoms with E-state index in [9.17, 15) is 4.39 Å². The van der Waals surface area contributed by atoms with E-state index in [2.05, 4.69) is 27.4 Å². The fourth-order valence-electron chi connectivity index (χ4n) is 2.36. The summed E-state index contributed by atoms with van der Waals surface area (Å²) < 4.78 is 13.7. The molecule has 0 bridgehead atoms. The Morgan fingerprint density at radius 1 is 1.30 bits per heavy atom. The third-order valence-electron chi connectivity index (χ3n) is 3.60. The fraction of sp³-hybridized carbons (Fsp3) is 0.0588. The molecule has 0 saturated carbocycles. The first-order valence-electron chi connectivity index (χ1n) is 7.04. The van der Waals surface area contributed by atoms with Crippen molar-refractivity contribution >= 4 is 28.5 Å². The molecule has 5 nitrogen and oxygen atoms in total. The van der Waals surface area contributed by atoms with Gasteiger partial charge in [0, 0.05) is 28.4 Å². The lowest BCUT2D eigenvalue weighted by Gasteiger charge is -2.16. The van der Waals surface area contributed by atoms with Gasteiger partial charge in [-0.2, -0.15) is 5.10 Å². The maximum Gasteiger partial charge on any atom is 0.128 e. The molecule has 23 heavy (non-hydrogen) atoms. The molecular formula is C17H16FN5. The number of aromatic amines is 1. The largest absolute Gasteiger partial charge is 0.342 e. The first-order valence-corrected chi connectivity index (χ1v) is 7.04. The Morgan fingerprint density at radius 2 is 2.13 bits per heavy atom. The van der Waals surface area contributed by atoms with E-state index in [-0.39, 0.29) is 5.82 Å². The molecule has 3 rings (SSSR count). The number of hydrogen-bond acceptors (Lipinski definition) is 4. The third kappa shape index (κ3) is 2.91. The lowest BCUT2D eigenvalue weighted by Crippen LogP contribution is -2.11. The molecule has 2 aromatic carbocycles. The van der Waals surface area contributed by atoms with Gasteiger partial charge in [0.15, 0.2) is 0 Å². The second-order valence-electron chi connectivity index (χ2n) is 5.18. The topological polar surface area (TPSA) is 76.6 Å². The van der Waals surface area contributed by atoms with Crippen molar-refractivity contribution in [1.82, 2.24) is 10.2 Å². The normalized spacial score (nSPS) is 10.5. The maximum atomic E-state index is 13.7. The molecule has 0 unspecified atom stereocenters. The number of fused-ring (bicyclic) bond motifs is 1. The Morgan fingerprint density at radius 3 is 2.91 bits per heavy atom. The van der Waals surface area contributed by atoms with Crippen molar-refractivity contribution in [3.8, 4) is 0 Å². The van der Waals surface area contributed by atoms with E-state index in [1.807, 2.05) is 18.2 Å². The molecule has 0 radical (unpaired) electrons. The number of benzene rings is 2. The zero-order chi connectivity index (χ0) is 16.4. The first-order chi connectivity index (χ1) is 11.1. The molecule has 0 aliphatic carbocycles. The molecule has 116 valence electrons. The van der Waals surface area contributed by atoms with E-state index in [0.29, 0.717) is 22.6 Å². The highest BCUT2D eigenvalue weighted by Gasteiger charge is 2.10. The number of nitrogens with one attached hydrogen (secondary N) is 4. The maximum absolute atomic E-state index is 13.7. The predicted molar refractivity (Wildman–Crippen MR) is 91.5 cm³/mol. The Kier molecular flexibility index (Phi) is 3.80. The van der Waals surface area contributed by atoms with Crippen LogP contribution in [0.5, 0.6) is 0 Å². The average Bonchev–Trinajstić information content (AvgIpc) is 2.99. The molecule has 0 fully saturated rings. The van der Waals surface area contributed by atoms with Crippen LogP contribution >= 0.6 is 0 Å². The Bertz CT molecular complexity index is 897. The number of halogens is 1. The summed E-state index contributed by atoms with van der Waals surface area (Å²) in [5.74, 6) is 0.158. The third-order valence-corrected chi connectivity index (χ3v) is 3.60. The van der Waals surface area contributed by atoms with Crippen molar-refractivity contribution in [2.24, 2.45) is 0 Å². The van der Waals surface area contributed by atoms with Gasteiger partial charge in [0.05, 0.1) is 17.4 Å². The van der Waals surface area contributed by atoms with Gasteiger partial charge < -0.3 is 16.0 Å². The van der Waals surface area contributed by atoms with Gasteiger partial charge in [-0.3, -0.25) is 5.10 Å². The van der Waals surface area contributed by atoms with Gasteiger partial charge in [0.2, 0.25) is 0 Å². The number of aromatic nitrogens is 2. The molecule has 0 spiro atoms. The van der Waals surface area contributed by atoms with Gasteiger partial charge in [-0.05, 0) is 37.3 Å². The second-order valence-corrected chi connectivity index (χ2v) is 5.18. The summed E-state index contributed by atoms with van der Waals surface area (Å²) in [5, 5.41) is 21.5. The van der Waals surface area contributed by atoms with Gasteiger partial charge >= 0.3 is 0 Å². The van der Waals surface area contributed by atoms with Gasteiger partial charge in [0.1, 0.15) is 11.6 Å². The Labute approximate surface area is 132 Å². The van der Waals surface area contributed by atoms with Crippen LogP contribution in [-0.4, -0.2) is 16.4 Å². The van der Waals surface area contributed by atoms with Crippen LogP contribution in [0, 0.1) is 18.2 Å². The number of H-pyrrole nitrogens is 1.